The molecule has 0 aliphatic heterocycles. The van der Waals surface area contributed by atoms with Crippen molar-refractivity contribution in [2.45, 2.75) is 33.1 Å². The van der Waals surface area contributed by atoms with E-state index in [0.717, 1.165) is 17.5 Å². The van der Waals surface area contributed by atoms with Crippen LogP contribution < -0.4 is 5.32 Å². The number of anilines is 1. The molecule has 0 spiro atoms. The van der Waals surface area contributed by atoms with E-state index in [0.29, 0.717) is 13.0 Å². The van der Waals surface area contributed by atoms with Crippen molar-refractivity contribution in [2.75, 3.05) is 24.7 Å². The molecule has 0 aromatic heterocycles. The average Bonchev–Trinajstić information content (AvgIpc) is 2.37. The Bertz CT molecular complexity index is 582. The number of carbonyl (C=O) groups is 1. The minimum Gasteiger partial charge on any atom is -0.325 e. The predicted octanol–water partition coefficient (Wildman–Crippen LogP) is 2.42. The van der Waals surface area contributed by atoms with Crippen LogP contribution >= 0.6 is 0 Å². The van der Waals surface area contributed by atoms with Gasteiger partial charge in [0.25, 0.3) is 0 Å². The van der Waals surface area contributed by atoms with Gasteiger partial charge in [-0.15, -0.1) is 0 Å². The number of amides is 1. The molecule has 1 N–H and O–H groups in total. The number of benzene rings is 1. The summed E-state index contributed by atoms with van der Waals surface area (Å²) < 4.78 is 24.5. The smallest absolute Gasteiger partial charge is 0.239 e. The molecule has 1 aromatic rings. The molecule has 1 amide bonds. The zero-order chi connectivity index (χ0) is 16.0. The highest BCUT2D eigenvalue weighted by Crippen LogP contribution is 2.23. The van der Waals surface area contributed by atoms with Crippen molar-refractivity contribution < 1.29 is 13.2 Å². The Balaban J connectivity index is 2.82. The van der Waals surface area contributed by atoms with Crippen LogP contribution in [0.5, 0.6) is 0 Å². The summed E-state index contributed by atoms with van der Waals surface area (Å²) in [5.74, 6) is -0.0369. The lowest BCUT2D eigenvalue weighted by atomic mass is 10.0. The standard InChI is InChI=1S/C15H24N2O3S/c1-5-10-17(21(4,19)20)11-15(18)16-14-9-7-6-8-13(14)12(2)3/h6-9,12H,5,10-11H2,1-4H3,(H,16,18). The highest BCUT2D eigenvalue weighted by molar-refractivity contribution is 7.88. The number of hydrogen-bond donors (Lipinski definition) is 1. The van der Waals surface area contributed by atoms with E-state index in [9.17, 15) is 13.2 Å². The largest absolute Gasteiger partial charge is 0.325 e. The molecule has 0 unspecified atom stereocenters. The number of hydrogen-bond acceptors (Lipinski definition) is 3. The summed E-state index contributed by atoms with van der Waals surface area (Å²) in [6.07, 6.45) is 1.79. The molecular formula is C15H24N2O3S. The van der Waals surface area contributed by atoms with Crippen LogP contribution in [-0.2, 0) is 14.8 Å². The number of nitrogens with zero attached hydrogens (tertiary/aromatic N) is 1. The van der Waals surface area contributed by atoms with Crippen LogP contribution in [0.2, 0.25) is 0 Å². The van der Waals surface area contributed by atoms with E-state index in [1.807, 2.05) is 45.0 Å². The van der Waals surface area contributed by atoms with Crippen molar-refractivity contribution in [3.8, 4) is 0 Å². The summed E-state index contributed by atoms with van der Waals surface area (Å²) in [6.45, 7) is 6.16. The molecule has 6 heteroatoms. The molecule has 0 aliphatic rings. The van der Waals surface area contributed by atoms with Crippen LogP contribution in [0.4, 0.5) is 5.69 Å². The maximum Gasteiger partial charge on any atom is 0.239 e. The van der Waals surface area contributed by atoms with Gasteiger partial charge in [-0.3, -0.25) is 4.79 Å². The average molecular weight is 312 g/mol. The summed E-state index contributed by atoms with van der Waals surface area (Å²) in [4.78, 5) is 12.1. The van der Waals surface area contributed by atoms with Gasteiger partial charge in [0.05, 0.1) is 12.8 Å². The molecule has 0 heterocycles. The molecule has 0 bridgehead atoms. The first-order valence-electron chi connectivity index (χ1n) is 7.09. The lowest BCUT2D eigenvalue weighted by Gasteiger charge is -2.19. The van der Waals surface area contributed by atoms with Gasteiger partial charge in [-0.1, -0.05) is 39.0 Å². The van der Waals surface area contributed by atoms with E-state index in [4.69, 9.17) is 0 Å². The number of carbonyl (C=O) groups excluding carboxylic acids is 1. The van der Waals surface area contributed by atoms with E-state index in [-0.39, 0.29) is 18.4 Å². The predicted molar refractivity (Wildman–Crippen MR) is 85.9 cm³/mol. The minimum atomic E-state index is -3.37. The molecule has 1 aromatic carbocycles. The molecular weight excluding hydrogens is 288 g/mol. The molecule has 21 heavy (non-hydrogen) atoms. The summed E-state index contributed by atoms with van der Waals surface area (Å²) in [5.41, 5.74) is 1.77. The Morgan fingerprint density at radius 2 is 1.90 bits per heavy atom. The second-order valence-corrected chi connectivity index (χ2v) is 7.37. The van der Waals surface area contributed by atoms with Gasteiger partial charge < -0.3 is 5.32 Å². The third-order valence-corrected chi connectivity index (χ3v) is 4.37. The van der Waals surface area contributed by atoms with Gasteiger partial charge in [-0.2, -0.15) is 4.31 Å². The highest BCUT2D eigenvalue weighted by Gasteiger charge is 2.19. The normalized spacial score (nSPS) is 11.9. The van der Waals surface area contributed by atoms with Gasteiger partial charge in [0.2, 0.25) is 15.9 Å². The van der Waals surface area contributed by atoms with E-state index in [1.54, 1.807) is 0 Å². The van der Waals surface area contributed by atoms with Gasteiger partial charge in [0.1, 0.15) is 0 Å². The van der Waals surface area contributed by atoms with E-state index in [1.165, 1.54) is 4.31 Å². The summed E-state index contributed by atoms with van der Waals surface area (Å²) >= 11 is 0. The van der Waals surface area contributed by atoms with Crippen LogP contribution in [0, 0.1) is 0 Å². The Morgan fingerprint density at radius 1 is 1.29 bits per heavy atom. The quantitative estimate of drug-likeness (QED) is 0.841. The van der Waals surface area contributed by atoms with Gasteiger partial charge in [0, 0.05) is 12.2 Å². The fourth-order valence-corrected chi connectivity index (χ4v) is 2.94. The van der Waals surface area contributed by atoms with Crippen molar-refractivity contribution in [1.82, 2.24) is 4.31 Å². The molecule has 0 saturated heterocycles. The SMILES string of the molecule is CCCN(CC(=O)Nc1ccccc1C(C)C)S(C)(=O)=O. The van der Waals surface area contributed by atoms with Crippen LogP contribution in [0.1, 0.15) is 38.7 Å². The van der Waals surface area contributed by atoms with Crippen molar-refractivity contribution in [1.29, 1.82) is 0 Å². The summed E-state index contributed by atoms with van der Waals surface area (Å²) in [7, 11) is -3.37. The summed E-state index contributed by atoms with van der Waals surface area (Å²) in [6, 6.07) is 7.56. The van der Waals surface area contributed by atoms with E-state index in [2.05, 4.69) is 5.32 Å². The molecule has 1 rings (SSSR count). The Hall–Kier alpha value is -1.40. The molecule has 0 saturated carbocycles. The zero-order valence-corrected chi connectivity index (χ0v) is 13.9. The molecule has 0 fully saturated rings. The first-order valence-corrected chi connectivity index (χ1v) is 8.94. The van der Waals surface area contributed by atoms with Crippen LogP contribution in [0.25, 0.3) is 0 Å². The Kier molecular flexibility index (Phi) is 6.36. The number of nitrogens with one attached hydrogen (secondary N) is 1. The number of sulfonamides is 1. The third kappa shape index (κ3) is 5.47. The highest BCUT2D eigenvalue weighted by atomic mass is 32.2. The van der Waals surface area contributed by atoms with Gasteiger partial charge in [-0.25, -0.2) is 8.42 Å². The monoisotopic (exact) mass is 312 g/mol. The van der Waals surface area contributed by atoms with Gasteiger partial charge in [0.15, 0.2) is 0 Å². The maximum atomic E-state index is 12.1. The fourth-order valence-electron chi connectivity index (χ4n) is 2.08. The molecule has 0 atom stereocenters. The number of para-hydroxylation sites is 1. The number of rotatable bonds is 7. The van der Waals surface area contributed by atoms with Crippen molar-refractivity contribution in [3.63, 3.8) is 0 Å². The zero-order valence-electron chi connectivity index (χ0n) is 13.1. The van der Waals surface area contributed by atoms with Crippen molar-refractivity contribution >= 4 is 21.6 Å². The first kappa shape index (κ1) is 17.7. The minimum absolute atomic E-state index is 0.154. The van der Waals surface area contributed by atoms with Crippen molar-refractivity contribution in [3.05, 3.63) is 29.8 Å². The first-order chi connectivity index (χ1) is 9.75. The maximum absolute atomic E-state index is 12.1. The molecule has 118 valence electrons. The van der Waals surface area contributed by atoms with Gasteiger partial charge >= 0.3 is 0 Å². The van der Waals surface area contributed by atoms with Gasteiger partial charge in [-0.05, 0) is 24.0 Å². The molecule has 0 radical (unpaired) electrons. The molecule has 0 aliphatic carbocycles. The third-order valence-electron chi connectivity index (χ3n) is 3.12. The van der Waals surface area contributed by atoms with E-state index < -0.39 is 10.0 Å². The lowest BCUT2D eigenvalue weighted by Crippen LogP contribution is -2.37. The fraction of sp³-hybridized carbons (Fsp3) is 0.533. The second-order valence-electron chi connectivity index (χ2n) is 5.39. The Morgan fingerprint density at radius 3 is 2.43 bits per heavy atom. The van der Waals surface area contributed by atoms with Crippen LogP contribution in [0.3, 0.4) is 0 Å². The summed E-state index contributed by atoms with van der Waals surface area (Å²) in [5, 5.41) is 2.81. The Labute approximate surface area is 127 Å². The molecule has 5 nitrogen and oxygen atoms in total. The van der Waals surface area contributed by atoms with E-state index >= 15 is 0 Å². The lowest BCUT2D eigenvalue weighted by molar-refractivity contribution is -0.116. The van der Waals surface area contributed by atoms with Crippen LogP contribution in [-0.4, -0.2) is 38.0 Å². The topological polar surface area (TPSA) is 66.5 Å². The van der Waals surface area contributed by atoms with Crippen molar-refractivity contribution in [2.24, 2.45) is 0 Å². The second kappa shape index (κ2) is 7.56. The van der Waals surface area contributed by atoms with Crippen LogP contribution in [0.15, 0.2) is 24.3 Å².